The summed E-state index contributed by atoms with van der Waals surface area (Å²) in [6.07, 6.45) is -12.7. The Hall–Kier alpha value is -0.440. The molecule has 2 saturated heterocycles. The molecule has 0 aromatic rings. The molecule has 0 amide bonds. The Morgan fingerprint density at radius 1 is 1.00 bits per heavy atom. The molecule has 0 unspecified atom stereocenters. The van der Waals surface area contributed by atoms with Crippen LogP contribution >= 0.6 is 0 Å². The minimum absolute atomic E-state index is 0.476. The lowest BCUT2D eigenvalue weighted by molar-refractivity contribution is -0.373. The summed E-state index contributed by atoms with van der Waals surface area (Å²) in [7, 11) is 0. The minimum Gasteiger partial charge on any atom is -0.394 e. The third-order valence-corrected chi connectivity index (χ3v) is 4.02. The Labute approximate surface area is 130 Å². The predicted octanol–water partition coefficient (Wildman–Crippen LogP) is -5.40. The molecule has 2 aliphatic heterocycles. The van der Waals surface area contributed by atoms with Crippen molar-refractivity contribution in [2.45, 2.75) is 54.8 Å². The molecule has 2 heterocycles. The number of aliphatic hydroxyl groups excluding tert-OH is 7. The van der Waals surface area contributed by atoms with Gasteiger partial charge in [-0.1, -0.05) is 0 Å². The molecule has 136 valence electrons. The number of rotatable bonds is 4. The normalized spacial score (nSPS) is 51.7. The molecular formula is C12H22O11. The van der Waals surface area contributed by atoms with Gasteiger partial charge in [0.15, 0.2) is 6.29 Å². The molecule has 0 spiro atoms. The van der Waals surface area contributed by atoms with Crippen molar-refractivity contribution >= 4 is 0 Å². The average Bonchev–Trinajstić information content (AvgIpc) is 2.55. The summed E-state index contributed by atoms with van der Waals surface area (Å²) in [5.74, 6) is -2.38. The van der Waals surface area contributed by atoms with Crippen LogP contribution in [0.2, 0.25) is 0 Å². The highest BCUT2D eigenvalue weighted by Crippen LogP contribution is 2.29. The SMILES string of the molecule is OC[C@H]1O[C@@H](O[C@@H]2[C@H](O)CO[C@](O)(CO)[C@H]2O)[C@H](O)[C@@H](O)[C@H]1O. The second kappa shape index (κ2) is 7.21. The zero-order valence-electron chi connectivity index (χ0n) is 12.0. The molecular weight excluding hydrogens is 320 g/mol. The van der Waals surface area contributed by atoms with Gasteiger partial charge in [0, 0.05) is 0 Å². The van der Waals surface area contributed by atoms with E-state index in [1.54, 1.807) is 0 Å². The van der Waals surface area contributed by atoms with Gasteiger partial charge in [0.1, 0.15) is 42.7 Å². The summed E-state index contributed by atoms with van der Waals surface area (Å²) in [6, 6.07) is 0. The molecule has 0 aromatic carbocycles. The van der Waals surface area contributed by atoms with Crippen LogP contribution in [0.3, 0.4) is 0 Å². The van der Waals surface area contributed by atoms with Gasteiger partial charge < -0.3 is 55.1 Å². The first kappa shape index (κ1) is 18.9. The topological polar surface area (TPSA) is 190 Å². The Morgan fingerprint density at radius 3 is 2.22 bits per heavy atom. The van der Waals surface area contributed by atoms with Gasteiger partial charge in [0.25, 0.3) is 0 Å². The smallest absolute Gasteiger partial charge is 0.218 e. The number of hydrogen-bond acceptors (Lipinski definition) is 11. The number of ether oxygens (including phenoxy) is 3. The van der Waals surface area contributed by atoms with E-state index in [0.717, 1.165) is 0 Å². The largest absolute Gasteiger partial charge is 0.394 e. The highest BCUT2D eigenvalue weighted by molar-refractivity contribution is 4.95. The van der Waals surface area contributed by atoms with Gasteiger partial charge in [-0.25, -0.2) is 0 Å². The molecule has 0 radical (unpaired) electrons. The van der Waals surface area contributed by atoms with Crippen molar-refractivity contribution in [2.75, 3.05) is 19.8 Å². The van der Waals surface area contributed by atoms with Gasteiger partial charge in [-0.15, -0.1) is 0 Å². The lowest BCUT2D eigenvalue weighted by atomic mass is 9.96. The predicted molar refractivity (Wildman–Crippen MR) is 68.6 cm³/mol. The number of aliphatic hydroxyl groups is 8. The Kier molecular flexibility index (Phi) is 5.92. The summed E-state index contributed by atoms with van der Waals surface area (Å²) in [5, 5.41) is 77.1. The zero-order valence-corrected chi connectivity index (χ0v) is 12.0. The maximum atomic E-state index is 10.00. The molecule has 9 atom stereocenters. The van der Waals surface area contributed by atoms with Crippen LogP contribution in [-0.2, 0) is 14.2 Å². The van der Waals surface area contributed by atoms with Crippen molar-refractivity contribution in [1.82, 2.24) is 0 Å². The maximum Gasteiger partial charge on any atom is 0.218 e. The van der Waals surface area contributed by atoms with Crippen LogP contribution in [0.25, 0.3) is 0 Å². The molecule has 0 bridgehead atoms. The Balaban J connectivity index is 2.12. The fraction of sp³-hybridized carbons (Fsp3) is 1.00. The molecule has 23 heavy (non-hydrogen) atoms. The Bertz CT molecular complexity index is 393. The monoisotopic (exact) mass is 342 g/mol. The standard InChI is InChI=1S/C12H22O11/c13-1-5-6(16)7(17)8(18)11(22-5)23-9-4(15)2-21-12(20,3-14)10(9)19/h4-11,13-20H,1-3H2/t4-,5-,6+,7+,8-,9-,10+,11+,12-/m1/s1. The lowest BCUT2D eigenvalue weighted by Gasteiger charge is -2.46. The summed E-state index contributed by atoms with van der Waals surface area (Å²) in [6.45, 7) is -2.13. The van der Waals surface area contributed by atoms with Crippen LogP contribution in [0.15, 0.2) is 0 Å². The third-order valence-electron chi connectivity index (χ3n) is 4.02. The zero-order chi connectivity index (χ0) is 17.4. The van der Waals surface area contributed by atoms with Gasteiger partial charge in [-0.05, 0) is 0 Å². The molecule has 0 aromatic heterocycles. The first-order valence-corrected chi connectivity index (χ1v) is 7.04. The number of hydrogen-bond donors (Lipinski definition) is 8. The summed E-state index contributed by atoms with van der Waals surface area (Å²) < 4.78 is 15.1. The van der Waals surface area contributed by atoms with Crippen LogP contribution in [-0.4, -0.2) is 115 Å². The van der Waals surface area contributed by atoms with E-state index in [1.165, 1.54) is 0 Å². The molecule has 0 aliphatic carbocycles. The van der Waals surface area contributed by atoms with Crippen molar-refractivity contribution in [3.8, 4) is 0 Å². The van der Waals surface area contributed by atoms with E-state index in [2.05, 4.69) is 0 Å². The fourth-order valence-electron chi connectivity index (χ4n) is 2.52. The van der Waals surface area contributed by atoms with E-state index in [1.807, 2.05) is 0 Å². The first-order chi connectivity index (χ1) is 10.7. The van der Waals surface area contributed by atoms with Gasteiger partial charge in [-0.2, -0.15) is 0 Å². The first-order valence-electron chi connectivity index (χ1n) is 7.04. The second-order valence-corrected chi connectivity index (χ2v) is 5.62. The molecule has 2 rings (SSSR count). The lowest BCUT2D eigenvalue weighted by Crippen LogP contribution is -2.66. The van der Waals surface area contributed by atoms with Crippen molar-refractivity contribution in [2.24, 2.45) is 0 Å². The highest BCUT2D eigenvalue weighted by Gasteiger charge is 2.52. The van der Waals surface area contributed by atoms with Gasteiger partial charge in [-0.3, -0.25) is 0 Å². The summed E-state index contributed by atoms with van der Waals surface area (Å²) >= 11 is 0. The van der Waals surface area contributed by atoms with Crippen LogP contribution in [0.1, 0.15) is 0 Å². The summed E-state index contributed by atoms with van der Waals surface area (Å²) in [4.78, 5) is 0. The molecule has 8 N–H and O–H groups in total. The van der Waals surface area contributed by atoms with Crippen molar-refractivity contribution in [3.05, 3.63) is 0 Å². The molecule has 2 fully saturated rings. The van der Waals surface area contributed by atoms with E-state index in [-0.39, 0.29) is 0 Å². The molecule has 11 heteroatoms. The average molecular weight is 342 g/mol. The van der Waals surface area contributed by atoms with E-state index < -0.39 is 74.6 Å². The van der Waals surface area contributed by atoms with Gasteiger partial charge in [0.05, 0.1) is 19.8 Å². The quantitative estimate of drug-likeness (QED) is 0.243. The van der Waals surface area contributed by atoms with Crippen LogP contribution in [0, 0.1) is 0 Å². The van der Waals surface area contributed by atoms with E-state index in [9.17, 15) is 30.6 Å². The van der Waals surface area contributed by atoms with Crippen molar-refractivity contribution < 1.29 is 55.1 Å². The third kappa shape index (κ3) is 3.50. The second-order valence-electron chi connectivity index (χ2n) is 5.62. The van der Waals surface area contributed by atoms with Gasteiger partial charge >= 0.3 is 0 Å². The van der Waals surface area contributed by atoms with Crippen molar-refractivity contribution in [1.29, 1.82) is 0 Å². The summed E-state index contributed by atoms with van der Waals surface area (Å²) in [5.41, 5.74) is 0. The van der Waals surface area contributed by atoms with Crippen LogP contribution < -0.4 is 0 Å². The fourth-order valence-corrected chi connectivity index (χ4v) is 2.52. The van der Waals surface area contributed by atoms with E-state index >= 15 is 0 Å². The Morgan fingerprint density at radius 2 is 1.65 bits per heavy atom. The minimum atomic E-state index is -2.38. The molecule has 2 aliphatic rings. The molecule has 0 saturated carbocycles. The van der Waals surface area contributed by atoms with E-state index in [4.69, 9.17) is 24.4 Å². The van der Waals surface area contributed by atoms with Crippen LogP contribution in [0.5, 0.6) is 0 Å². The molecule has 11 nitrogen and oxygen atoms in total. The maximum absolute atomic E-state index is 10.00. The van der Waals surface area contributed by atoms with Gasteiger partial charge in [0.2, 0.25) is 5.79 Å². The van der Waals surface area contributed by atoms with Crippen LogP contribution in [0.4, 0.5) is 0 Å². The van der Waals surface area contributed by atoms with E-state index in [0.29, 0.717) is 0 Å². The highest BCUT2D eigenvalue weighted by atomic mass is 16.7. The van der Waals surface area contributed by atoms with Crippen molar-refractivity contribution in [3.63, 3.8) is 0 Å².